The second kappa shape index (κ2) is 8.49. The molecule has 0 radical (unpaired) electrons. The van der Waals surface area contributed by atoms with Gasteiger partial charge in [-0.3, -0.25) is 9.52 Å². The summed E-state index contributed by atoms with van der Waals surface area (Å²) in [5, 5.41) is 0.0783. The molecule has 1 amide bonds. The summed E-state index contributed by atoms with van der Waals surface area (Å²) >= 11 is 13.1. The molecular weight excluding hydrogens is 455 g/mol. The lowest BCUT2D eigenvalue weighted by Gasteiger charge is -2.42. The van der Waals surface area contributed by atoms with Crippen molar-refractivity contribution < 1.29 is 27.1 Å². The highest BCUT2D eigenvalue weighted by molar-refractivity contribution is 7.97. The van der Waals surface area contributed by atoms with Gasteiger partial charge in [0.05, 0.1) is 21.3 Å². The van der Waals surface area contributed by atoms with E-state index in [9.17, 15) is 22.4 Å². The molecular formula is C18H14Cl2F4N2O2S. The Bertz CT molecular complexity index is 937. The summed E-state index contributed by atoms with van der Waals surface area (Å²) in [7, 11) is 0. The molecule has 0 spiro atoms. The lowest BCUT2D eigenvalue weighted by Crippen LogP contribution is -2.45. The van der Waals surface area contributed by atoms with Crippen molar-refractivity contribution in [2.24, 2.45) is 0 Å². The second-order valence-corrected chi connectivity index (χ2v) is 7.69. The van der Waals surface area contributed by atoms with E-state index < -0.39 is 23.8 Å². The predicted molar refractivity (Wildman–Crippen MR) is 105 cm³/mol. The number of hydrogen-bond donors (Lipinski definition) is 1. The average molecular weight is 469 g/mol. The van der Waals surface area contributed by atoms with Crippen LogP contribution in [0.25, 0.3) is 0 Å². The first-order valence-corrected chi connectivity index (χ1v) is 10.2. The third kappa shape index (κ3) is 5.02. The summed E-state index contributed by atoms with van der Waals surface area (Å²) in [6.45, 7) is 0.927. The van der Waals surface area contributed by atoms with E-state index in [1.54, 1.807) is 11.2 Å². The normalized spacial score (nSPS) is 14.5. The molecule has 156 valence electrons. The molecule has 0 aromatic heterocycles. The molecule has 1 aliphatic rings. The van der Waals surface area contributed by atoms with E-state index in [0.717, 1.165) is 17.5 Å². The molecule has 1 fully saturated rings. The molecule has 2 aromatic rings. The molecule has 29 heavy (non-hydrogen) atoms. The summed E-state index contributed by atoms with van der Waals surface area (Å²) in [5.41, 5.74) is 1.01. The van der Waals surface area contributed by atoms with Gasteiger partial charge in [-0.2, -0.15) is 0 Å². The molecule has 11 heteroatoms. The first-order chi connectivity index (χ1) is 13.6. The van der Waals surface area contributed by atoms with E-state index in [0.29, 0.717) is 18.8 Å². The second-order valence-electron chi connectivity index (χ2n) is 6.26. The zero-order valence-corrected chi connectivity index (χ0v) is 17.1. The number of carbonyl (C=O) groups excluding carboxylic acids is 1. The lowest BCUT2D eigenvalue weighted by molar-refractivity contribution is -0.274. The maximum Gasteiger partial charge on any atom is 0.573 e. The third-order valence-electron chi connectivity index (χ3n) is 4.35. The maximum absolute atomic E-state index is 14.3. The number of carbonyl (C=O) groups is 1. The van der Waals surface area contributed by atoms with Crippen LogP contribution in [0, 0.1) is 5.82 Å². The van der Waals surface area contributed by atoms with Crippen molar-refractivity contribution in [3.05, 3.63) is 57.3 Å². The largest absolute Gasteiger partial charge is 0.573 e. The summed E-state index contributed by atoms with van der Waals surface area (Å²) in [4.78, 5) is 13.6. The number of benzene rings is 2. The predicted octanol–water partition coefficient (Wildman–Crippen LogP) is 5.64. The van der Waals surface area contributed by atoms with Crippen molar-refractivity contribution in [1.29, 1.82) is 0 Å². The van der Waals surface area contributed by atoms with Crippen LogP contribution in [0.3, 0.4) is 0 Å². The third-order valence-corrected chi connectivity index (χ3v) is 5.34. The molecule has 3 rings (SSSR count). The van der Waals surface area contributed by atoms with Gasteiger partial charge < -0.3 is 9.64 Å². The Morgan fingerprint density at radius 3 is 2.48 bits per heavy atom. The van der Waals surface area contributed by atoms with Crippen LogP contribution < -0.4 is 14.4 Å². The van der Waals surface area contributed by atoms with Gasteiger partial charge in [-0.15, -0.1) is 13.2 Å². The maximum atomic E-state index is 14.3. The quantitative estimate of drug-likeness (QED) is 0.455. The number of anilines is 1. The Morgan fingerprint density at radius 2 is 1.90 bits per heavy atom. The molecule has 0 unspecified atom stereocenters. The number of alkyl halides is 3. The van der Waals surface area contributed by atoms with Gasteiger partial charge in [-0.25, -0.2) is 4.39 Å². The number of nitrogens with one attached hydrogen (secondary N) is 1. The molecule has 1 heterocycles. The standard InChI is InChI=1S/C18H14Cl2F4N2O2S/c1-29-25-17(27)11-5-12(19)15(6-14(11)21)26-7-10(8-26)9-2-3-16(13(20)4-9)28-18(22,23)24/h2-6,10H,7-8H2,1H3,(H,25,27). The molecule has 1 aliphatic heterocycles. The zero-order chi connectivity index (χ0) is 21.3. The van der Waals surface area contributed by atoms with E-state index in [4.69, 9.17) is 23.2 Å². The lowest BCUT2D eigenvalue weighted by atomic mass is 9.90. The molecule has 0 saturated carbocycles. The SMILES string of the molecule is CSNC(=O)c1cc(Cl)c(N2CC(c3ccc(OC(F)(F)F)c(Cl)c3)C2)cc1F. The number of nitrogens with zero attached hydrogens (tertiary/aromatic N) is 1. The van der Waals surface area contributed by atoms with Crippen LogP contribution in [0.15, 0.2) is 30.3 Å². The van der Waals surface area contributed by atoms with Crippen molar-refractivity contribution in [3.8, 4) is 5.75 Å². The van der Waals surface area contributed by atoms with Gasteiger partial charge in [0.15, 0.2) is 0 Å². The van der Waals surface area contributed by atoms with Crippen LogP contribution in [0.1, 0.15) is 21.8 Å². The van der Waals surface area contributed by atoms with Gasteiger partial charge in [0.2, 0.25) is 0 Å². The van der Waals surface area contributed by atoms with Gasteiger partial charge in [0.25, 0.3) is 5.91 Å². The topological polar surface area (TPSA) is 41.6 Å². The van der Waals surface area contributed by atoms with Gasteiger partial charge in [-0.05, 0) is 29.8 Å². The average Bonchev–Trinajstić information content (AvgIpc) is 2.57. The smallest absolute Gasteiger partial charge is 0.404 e. The Morgan fingerprint density at radius 1 is 1.21 bits per heavy atom. The minimum absolute atomic E-state index is 0.0222. The minimum Gasteiger partial charge on any atom is -0.404 e. The summed E-state index contributed by atoms with van der Waals surface area (Å²) in [6.07, 6.45) is -3.18. The Kier molecular flexibility index (Phi) is 6.40. The number of ether oxygens (including phenoxy) is 1. The summed E-state index contributed by atoms with van der Waals surface area (Å²) in [6, 6.07) is 6.56. The highest BCUT2D eigenvalue weighted by Crippen LogP contribution is 2.39. The van der Waals surface area contributed by atoms with Crippen LogP contribution >= 0.6 is 35.1 Å². The monoisotopic (exact) mass is 468 g/mol. The molecule has 0 atom stereocenters. The van der Waals surface area contributed by atoms with Crippen molar-refractivity contribution >= 4 is 46.7 Å². The fourth-order valence-electron chi connectivity index (χ4n) is 2.96. The van der Waals surface area contributed by atoms with Crippen molar-refractivity contribution in [2.45, 2.75) is 12.3 Å². The van der Waals surface area contributed by atoms with Crippen LogP contribution in [0.4, 0.5) is 23.2 Å². The van der Waals surface area contributed by atoms with Gasteiger partial charge in [-0.1, -0.05) is 41.2 Å². The first-order valence-electron chi connectivity index (χ1n) is 8.21. The van der Waals surface area contributed by atoms with E-state index in [2.05, 4.69) is 9.46 Å². The number of halogens is 6. The number of hydrogen-bond acceptors (Lipinski definition) is 4. The van der Waals surface area contributed by atoms with E-state index >= 15 is 0 Å². The van der Waals surface area contributed by atoms with Gasteiger partial charge >= 0.3 is 6.36 Å². The van der Waals surface area contributed by atoms with E-state index in [1.165, 1.54) is 30.3 Å². The fourth-order valence-corrected chi connectivity index (χ4v) is 3.77. The van der Waals surface area contributed by atoms with Crippen molar-refractivity contribution in [1.82, 2.24) is 4.72 Å². The Hall–Kier alpha value is -1.84. The molecule has 0 aliphatic carbocycles. The molecule has 0 bridgehead atoms. The Balaban J connectivity index is 1.70. The van der Waals surface area contributed by atoms with Gasteiger partial charge in [0.1, 0.15) is 11.6 Å². The highest BCUT2D eigenvalue weighted by atomic mass is 35.5. The molecule has 2 aromatic carbocycles. The zero-order valence-electron chi connectivity index (χ0n) is 14.8. The van der Waals surface area contributed by atoms with E-state index in [-0.39, 0.29) is 21.5 Å². The van der Waals surface area contributed by atoms with E-state index in [1.807, 2.05) is 0 Å². The summed E-state index contributed by atoms with van der Waals surface area (Å²) < 4.78 is 57.6. The fraction of sp³-hybridized carbons (Fsp3) is 0.278. The van der Waals surface area contributed by atoms with Crippen molar-refractivity contribution in [2.75, 3.05) is 24.2 Å². The molecule has 1 N–H and O–H groups in total. The van der Waals surface area contributed by atoms with Crippen LogP contribution in [0.5, 0.6) is 5.75 Å². The minimum atomic E-state index is -4.82. The van der Waals surface area contributed by atoms with Crippen molar-refractivity contribution in [3.63, 3.8) is 0 Å². The highest BCUT2D eigenvalue weighted by Gasteiger charge is 2.34. The first kappa shape index (κ1) is 21.9. The number of rotatable bonds is 5. The Labute approximate surface area is 178 Å². The van der Waals surface area contributed by atoms with Crippen LogP contribution in [0.2, 0.25) is 10.0 Å². The van der Waals surface area contributed by atoms with Gasteiger partial charge in [0, 0.05) is 25.3 Å². The van der Waals surface area contributed by atoms with Crippen LogP contribution in [-0.2, 0) is 0 Å². The van der Waals surface area contributed by atoms with Crippen LogP contribution in [-0.4, -0.2) is 31.6 Å². The molecule has 4 nitrogen and oxygen atoms in total. The summed E-state index contributed by atoms with van der Waals surface area (Å²) in [5.74, 6) is -1.77. The molecule has 1 saturated heterocycles. The number of amides is 1.